The predicted octanol–water partition coefficient (Wildman–Crippen LogP) is 2.17. The van der Waals surface area contributed by atoms with Gasteiger partial charge in [0.05, 0.1) is 0 Å². The van der Waals surface area contributed by atoms with Crippen molar-refractivity contribution in [2.75, 3.05) is 6.54 Å². The van der Waals surface area contributed by atoms with Crippen LogP contribution in [0.2, 0.25) is 0 Å². The second kappa shape index (κ2) is 6.91. The minimum atomic E-state index is 0.287. The van der Waals surface area contributed by atoms with Crippen molar-refractivity contribution in [2.24, 2.45) is 10.9 Å². The van der Waals surface area contributed by atoms with E-state index in [1.54, 1.807) is 0 Å². The van der Waals surface area contributed by atoms with E-state index in [0.717, 1.165) is 13.0 Å². The Morgan fingerprint density at radius 3 is 2.65 bits per heavy atom. The van der Waals surface area contributed by atoms with Crippen molar-refractivity contribution in [1.82, 2.24) is 5.32 Å². The van der Waals surface area contributed by atoms with Gasteiger partial charge in [-0.1, -0.05) is 35.0 Å². The summed E-state index contributed by atoms with van der Waals surface area (Å²) in [5.41, 5.74) is 7.94. The fourth-order valence-corrected chi connectivity index (χ4v) is 1.61. The van der Waals surface area contributed by atoms with E-state index in [-0.39, 0.29) is 5.84 Å². The van der Waals surface area contributed by atoms with Gasteiger partial charge in [0.2, 0.25) is 0 Å². The molecule has 0 heterocycles. The summed E-state index contributed by atoms with van der Waals surface area (Å²) in [6, 6.07) is 8.82. The van der Waals surface area contributed by atoms with E-state index >= 15 is 0 Å². The molecule has 0 aromatic heterocycles. The Kier molecular flexibility index (Phi) is 5.49. The third kappa shape index (κ3) is 4.87. The summed E-state index contributed by atoms with van der Waals surface area (Å²) in [6.07, 6.45) is 1.48. The van der Waals surface area contributed by atoms with Crippen LogP contribution in [-0.4, -0.2) is 17.6 Å². The number of oxime groups is 1. The second-order valence-electron chi connectivity index (χ2n) is 4.28. The molecule has 0 fully saturated rings. The SMILES string of the molecule is Cc1ccc(C(C)NCCCC(N)=NO)cc1. The van der Waals surface area contributed by atoms with E-state index in [2.05, 4.69) is 48.6 Å². The largest absolute Gasteiger partial charge is 0.409 e. The van der Waals surface area contributed by atoms with Crippen molar-refractivity contribution >= 4 is 5.84 Å². The summed E-state index contributed by atoms with van der Waals surface area (Å²) in [7, 11) is 0. The average molecular weight is 235 g/mol. The monoisotopic (exact) mass is 235 g/mol. The highest BCUT2D eigenvalue weighted by atomic mass is 16.4. The van der Waals surface area contributed by atoms with Crippen molar-refractivity contribution in [3.8, 4) is 0 Å². The molecule has 94 valence electrons. The minimum absolute atomic E-state index is 0.287. The standard InChI is InChI=1S/C13H21N3O/c1-10-5-7-12(8-6-10)11(2)15-9-3-4-13(14)16-17/h5-8,11,15,17H,3-4,9H2,1-2H3,(H2,14,16). The molecule has 1 rings (SSSR count). The molecule has 0 aliphatic rings. The third-order valence-corrected chi connectivity index (χ3v) is 2.77. The zero-order chi connectivity index (χ0) is 12.7. The van der Waals surface area contributed by atoms with E-state index in [1.165, 1.54) is 11.1 Å². The van der Waals surface area contributed by atoms with Gasteiger partial charge in [0, 0.05) is 12.5 Å². The van der Waals surface area contributed by atoms with Crippen molar-refractivity contribution in [3.63, 3.8) is 0 Å². The smallest absolute Gasteiger partial charge is 0.139 e. The van der Waals surface area contributed by atoms with Gasteiger partial charge in [0.15, 0.2) is 0 Å². The summed E-state index contributed by atoms with van der Waals surface area (Å²) in [5.74, 6) is 0.287. The Bertz CT molecular complexity index is 359. The number of nitrogens with two attached hydrogens (primary N) is 1. The second-order valence-corrected chi connectivity index (χ2v) is 4.28. The van der Waals surface area contributed by atoms with Crippen LogP contribution in [0.5, 0.6) is 0 Å². The van der Waals surface area contributed by atoms with Gasteiger partial charge in [-0.3, -0.25) is 0 Å². The van der Waals surface area contributed by atoms with Crippen LogP contribution in [0.1, 0.15) is 36.9 Å². The first-order valence-corrected chi connectivity index (χ1v) is 5.90. The van der Waals surface area contributed by atoms with Crippen LogP contribution in [0.25, 0.3) is 0 Å². The van der Waals surface area contributed by atoms with Gasteiger partial charge in [-0.15, -0.1) is 0 Å². The number of hydrogen-bond donors (Lipinski definition) is 3. The summed E-state index contributed by atoms with van der Waals surface area (Å²) in [4.78, 5) is 0. The fraction of sp³-hybridized carbons (Fsp3) is 0.462. The van der Waals surface area contributed by atoms with Crippen molar-refractivity contribution in [2.45, 2.75) is 32.7 Å². The van der Waals surface area contributed by atoms with Gasteiger partial charge in [0.1, 0.15) is 5.84 Å². The molecule has 4 nitrogen and oxygen atoms in total. The lowest BCUT2D eigenvalue weighted by Crippen LogP contribution is -2.21. The fourth-order valence-electron chi connectivity index (χ4n) is 1.61. The molecule has 4 N–H and O–H groups in total. The minimum Gasteiger partial charge on any atom is -0.409 e. The predicted molar refractivity (Wildman–Crippen MR) is 70.2 cm³/mol. The quantitative estimate of drug-likeness (QED) is 0.233. The van der Waals surface area contributed by atoms with Crippen molar-refractivity contribution < 1.29 is 5.21 Å². The lowest BCUT2D eigenvalue weighted by Gasteiger charge is -2.14. The Labute approximate surface area is 103 Å². The molecule has 1 atom stereocenters. The molecule has 1 aromatic carbocycles. The van der Waals surface area contributed by atoms with Gasteiger partial charge in [-0.05, 0) is 32.4 Å². The van der Waals surface area contributed by atoms with Crippen LogP contribution in [0.15, 0.2) is 29.4 Å². The van der Waals surface area contributed by atoms with Crippen LogP contribution in [-0.2, 0) is 0 Å². The van der Waals surface area contributed by atoms with Gasteiger partial charge in [-0.25, -0.2) is 0 Å². The summed E-state index contributed by atoms with van der Waals surface area (Å²) < 4.78 is 0. The molecule has 4 heteroatoms. The van der Waals surface area contributed by atoms with E-state index in [1.807, 2.05) is 0 Å². The first kappa shape index (κ1) is 13.5. The molecular formula is C13H21N3O. The molecule has 1 aromatic rings. The lowest BCUT2D eigenvalue weighted by atomic mass is 10.1. The van der Waals surface area contributed by atoms with E-state index in [9.17, 15) is 0 Å². The normalized spacial score (nSPS) is 13.6. The number of aryl methyl sites for hydroxylation is 1. The first-order chi connectivity index (χ1) is 8.13. The number of amidine groups is 1. The van der Waals surface area contributed by atoms with Crippen molar-refractivity contribution in [3.05, 3.63) is 35.4 Å². The van der Waals surface area contributed by atoms with Crippen LogP contribution in [0.3, 0.4) is 0 Å². The molecule has 0 saturated heterocycles. The Morgan fingerprint density at radius 2 is 2.06 bits per heavy atom. The van der Waals surface area contributed by atoms with Gasteiger partial charge >= 0.3 is 0 Å². The highest BCUT2D eigenvalue weighted by Gasteiger charge is 2.03. The maximum absolute atomic E-state index is 8.39. The molecule has 0 saturated carbocycles. The molecule has 17 heavy (non-hydrogen) atoms. The van der Waals surface area contributed by atoms with Gasteiger partial charge in [0.25, 0.3) is 0 Å². The van der Waals surface area contributed by atoms with Gasteiger partial charge in [-0.2, -0.15) is 0 Å². The molecule has 0 bridgehead atoms. The van der Waals surface area contributed by atoms with Crippen LogP contribution in [0, 0.1) is 6.92 Å². The molecule has 1 unspecified atom stereocenters. The first-order valence-electron chi connectivity index (χ1n) is 5.90. The average Bonchev–Trinajstić information content (AvgIpc) is 2.34. The number of rotatable bonds is 6. The van der Waals surface area contributed by atoms with Crippen LogP contribution in [0.4, 0.5) is 0 Å². The summed E-state index contributed by atoms with van der Waals surface area (Å²) >= 11 is 0. The van der Waals surface area contributed by atoms with Crippen molar-refractivity contribution in [1.29, 1.82) is 0 Å². The number of benzene rings is 1. The van der Waals surface area contributed by atoms with Gasteiger partial charge < -0.3 is 16.3 Å². The molecular weight excluding hydrogens is 214 g/mol. The highest BCUT2D eigenvalue weighted by Crippen LogP contribution is 2.12. The Morgan fingerprint density at radius 1 is 1.41 bits per heavy atom. The molecule has 0 aliphatic carbocycles. The highest BCUT2D eigenvalue weighted by molar-refractivity contribution is 5.79. The third-order valence-electron chi connectivity index (χ3n) is 2.77. The van der Waals surface area contributed by atoms with Crippen LogP contribution < -0.4 is 11.1 Å². The Hall–Kier alpha value is -1.55. The zero-order valence-electron chi connectivity index (χ0n) is 10.5. The Balaban J connectivity index is 2.30. The zero-order valence-corrected chi connectivity index (χ0v) is 10.5. The summed E-state index contributed by atoms with van der Waals surface area (Å²) in [5, 5.41) is 14.7. The molecule has 0 radical (unpaired) electrons. The van der Waals surface area contributed by atoms with E-state index < -0.39 is 0 Å². The number of nitrogens with zero attached hydrogens (tertiary/aromatic N) is 1. The lowest BCUT2D eigenvalue weighted by molar-refractivity contribution is 0.316. The topological polar surface area (TPSA) is 70.6 Å². The number of nitrogens with one attached hydrogen (secondary N) is 1. The van der Waals surface area contributed by atoms with E-state index in [4.69, 9.17) is 10.9 Å². The molecule has 0 spiro atoms. The maximum atomic E-state index is 8.39. The molecule has 0 aliphatic heterocycles. The number of hydrogen-bond acceptors (Lipinski definition) is 3. The van der Waals surface area contributed by atoms with E-state index in [0.29, 0.717) is 12.5 Å². The maximum Gasteiger partial charge on any atom is 0.139 e. The molecule has 0 amide bonds. The van der Waals surface area contributed by atoms with Crippen LogP contribution >= 0.6 is 0 Å². The summed E-state index contributed by atoms with van der Waals surface area (Å²) in [6.45, 7) is 5.07.